The van der Waals surface area contributed by atoms with E-state index in [-0.39, 0.29) is 6.61 Å². The molecule has 0 aromatic heterocycles. The van der Waals surface area contributed by atoms with Gasteiger partial charge in [-0.2, -0.15) is 0 Å². The first kappa shape index (κ1) is 8.88. The predicted octanol–water partition coefficient (Wildman–Crippen LogP) is -0.533. The van der Waals surface area contributed by atoms with E-state index in [1.807, 2.05) is 6.92 Å². The quantitative estimate of drug-likeness (QED) is 0.483. The molecule has 2 atom stereocenters. The maximum Gasteiger partial charge on any atom is 0.0713 e. The zero-order chi connectivity index (χ0) is 7.28. The third kappa shape index (κ3) is 3.46. The predicted molar refractivity (Wildman–Crippen MR) is 36.0 cm³/mol. The summed E-state index contributed by atoms with van der Waals surface area (Å²) in [6, 6.07) is -0.468. The molecule has 3 nitrogen and oxygen atoms in total. The summed E-state index contributed by atoms with van der Waals surface area (Å²) in [6.45, 7) is 1.83. The summed E-state index contributed by atoms with van der Waals surface area (Å²) in [6.07, 6.45) is 1.02. The molecule has 3 heteroatoms. The summed E-state index contributed by atoms with van der Waals surface area (Å²) in [5, 5.41) is 17.5. The molecular weight excluding hydrogens is 118 g/mol. The smallest absolute Gasteiger partial charge is 0.0713 e. The summed E-state index contributed by atoms with van der Waals surface area (Å²) < 4.78 is 0. The molecule has 0 radical (unpaired) electrons. The minimum absolute atomic E-state index is 0.138. The van der Waals surface area contributed by atoms with Gasteiger partial charge in [-0.25, -0.2) is 0 Å². The Kier molecular flexibility index (Phi) is 4.67. The van der Waals surface area contributed by atoms with Gasteiger partial charge in [0.15, 0.2) is 0 Å². The number of hydrogen-bond acceptors (Lipinski definition) is 3. The summed E-state index contributed by atoms with van der Waals surface area (Å²) in [7, 11) is 0. The topological polar surface area (TPSA) is 66.5 Å². The molecule has 0 aromatic carbocycles. The number of aliphatic hydroxyl groups excluding tert-OH is 2. The summed E-state index contributed by atoms with van der Waals surface area (Å²) in [4.78, 5) is 0. The summed E-state index contributed by atoms with van der Waals surface area (Å²) >= 11 is 0. The lowest BCUT2D eigenvalue weighted by atomic mass is 10.1. The molecule has 0 aliphatic carbocycles. The van der Waals surface area contributed by atoms with Crippen molar-refractivity contribution in [3.05, 3.63) is 0 Å². The van der Waals surface area contributed by atoms with Gasteiger partial charge < -0.3 is 15.9 Å². The molecule has 0 spiro atoms. The van der Waals surface area contributed by atoms with Crippen molar-refractivity contribution in [2.75, 3.05) is 6.61 Å². The van der Waals surface area contributed by atoms with Gasteiger partial charge in [-0.3, -0.25) is 0 Å². The Labute approximate surface area is 55.5 Å². The van der Waals surface area contributed by atoms with Crippen LogP contribution in [0.15, 0.2) is 0 Å². The zero-order valence-electron chi connectivity index (χ0n) is 5.75. The highest BCUT2D eigenvalue weighted by Gasteiger charge is 2.10. The zero-order valence-corrected chi connectivity index (χ0v) is 5.75. The molecule has 0 bridgehead atoms. The Hall–Kier alpha value is -0.120. The van der Waals surface area contributed by atoms with Gasteiger partial charge in [-0.1, -0.05) is 13.3 Å². The lowest BCUT2D eigenvalue weighted by molar-refractivity contribution is 0.101. The Balaban J connectivity index is 3.32. The minimum atomic E-state index is -0.542. The molecule has 0 saturated heterocycles. The Bertz CT molecular complexity index is 68.1. The number of hydrogen-bond donors (Lipinski definition) is 3. The molecule has 0 amide bonds. The molecule has 0 saturated carbocycles. The van der Waals surface area contributed by atoms with Crippen LogP contribution in [0.1, 0.15) is 19.8 Å². The van der Waals surface area contributed by atoms with Crippen LogP contribution in [0.25, 0.3) is 0 Å². The Morgan fingerprint density at radius 1 is 1.56 bits per heavy atom. The average molecular weight is 133 g/mol. The maximum atomic E-state index is 9.03. The molecule has 0 aliphatic heterocycles. The van der Waals surface area contributed by atoms with Gasteiger partial charge in [0.05, 0.1) is 18.8 Å². The van der Waals surface area contributed by atoms with Crippen LogP contribution in [0.5, 0.6) is 0 Å². The van der Waals surface area contributed by atoms with Crippen molar-refractivity contribution < 1.29 is 10.2 Å². The molecule has 0 fully saturated rings. The SMILES string of the molecule is CCCC(O)C(N)CO. The molecule has 4 N–H and O–H groups in total. The lowest BCUT2D eigenvalue weighted by Crippen LogP contribution is -2.37. The van der Waals surface area contributed by atoms with Crippen molar-refractivity contribution >= 4 is 0 Å². The third-order valence-corrected chi connectivity index (χ3v) is 1.29. The van der Waals surface area contributed by atoms with Crippen molar-refractivity contribution in [2.45, 2.75) is 31.9 Å². The van der Waals surface area contributed by atoms with Crippen LogP contribution in [0.2, 0.25) is 0 Å². The van der Waals surface area contributed by atoms with Crippen LogP contribution in [0.4, 0.5) is 0 Å². The highest BCUT2D eigenvalue weighted by atomic mass is 16.3. The van der Waals surface area contributed by atoms with Gasteiger partial charge in [0.25, 0.3) is 0 Å². The summed E-state index contributed by atoms with van der Waals surface area (Å²) in [5.74, 6) is 0. The van der Waals surface area contributed by atoms with E-state index >= 15 is 0 Å². The fraction of sp³-hybridized carbons (Fsp3) is 1.00. The monoisotopic (exact) mass is 133 g/mol. The number of rotatable bonds is 4. The molecule has 2 unspecified atom stereocenters. The first-order valence-corrected chi connectivity index (χ1v) is 3.26. The van der Waals surface area contributed by atoms with Crippen LogP contribution >= 0.6 is 0 Å². The van der Waals surface area contributed by atoms with Crippen molar-refractivity contribution in [1.82, 2.24) is 0 Å². The fourth-order valence-corrected chi connectivity index (χ4v) is 0.632. The molecule has 0 heterocycles. The van der Waals surface area contributed by atoms with Gasteiger partial charge in [0.1, 0.15) is 0 Å². The van der Waals surface area contributed by atoms with Crippen LogP contribution in [-0.2, 0) is 0 Å². The first-order valence-electron chi connectivity index (χ1n) is 3.26. The Morgan fingerprint density at radius 3 is 2.44 bits per heavy atom. The van der Waals surface area contributed by atoms with Crippen LogP contribution in [0, 0.1) is 0 Å². The highest BCUT2D eigenvalue weighted by molar-refractivity contribution is 4.69. The second-order valence-electron chi connectivity index (χ2n) is 2.20. The number of nitrogens with two attached hydrogens (primary N) is 1. The average Bonchev–Trinajstić information content (AvgIpc) is 1.87. The largest absolute Gasteiger partial charge is 0.395 e. The van der Waals surface area contributed by atoms with E-state index in [0.29, 0.717) is 6.42 Å². The molecule has 0 aromatic rings. The van der Waals surface area contributed by atoms with Crippen molar-refractivity contribution in [2.24, 2.45) is 5.73 Å². The second-order valence-corrected chi connectivity index (χ2v) is 2.20. The standard InChI is InChI=1S/C6H15NO2/c1-2-3-6(9)5(7)4-8/h5-6,8-9H,2-4,7H2,1H3. The fourth-order valence-electron chi connectivity index (χ4n) is 0.632. The van der Waals surface area contributed by atoms with Gasteiger partial charge in [0.2, 0.25) is 0 Å². The van der Waals surface area contributed by atoms with E-state index in [2.05, 4.69) is 0 Å². The summed E-state index contributed by atoms with van der Waals surface area (Å²) in [5.41, 5.74) is 5.30. The Morgan fingerprint density at radius 2 is 2.11 bits per heavy atom. The van der Waals surface area contributed by atoms with E-state index in [0.717, 1.165) is 6.42 Å². The number of aliphatic hydroxyl groups is 2. The van der Waals surface area contributed by atoms with Crippen molar-refractivity contribution in [3.63, 3.8) is 0 Å². The molecule has 0 aliphatic rings. The maximum absolute atomic E-state index is 9.03. The van der Waals surface area contributed by atoms with Gasteiger partial charge in [-0.15, -0.1) is 0 Å². The molecular formula is C6H15NO2. The van der Waals surface area contributed by atoms with Gasteiger partial charge in [0, 0.05) is 0 Å². The van der Waals surface area contributed by atoms with E-state index in [4.69, 9.17) is 15.9 Å². The van der Waals surface area contributed by atoms with Crippen molar-refractivity contribution in [3.8, 4) is 0 Å². The molecule has 56 valence electrons. The normalized spacial score (nSPS) is 17.3. The highest BCUT2D eigenvalue weighted by Crippen LogP contribution is 1.98. The van der Waals surface area contributed by atoms with E-state index in [1.165, 1.54) is 0 Å². The lowest BCUT2D eigenvalue weighted by Gasteiger charge is -2.14. The third-order valence-electron chi connectivity index (χ3n) is 1.29. The van der Waals surface area contributed by atoms with E-state index in [9.17, 15) is 0 Å². The molecule has 9 heavy (non-hydrogen) atoms. The van der Waals surface area contributed by atoms with Gasteiger partial charge >= 0.3 is 0 Å². The van der Waals surface area contributed by atoms with Crippen molar-refractivity contribution in [1.29, 1.82) is 0 Å². The second kappa shape index (κ2) is 4.73. The first-order chi connectivity index (χ1) is 4.22. The van der Waals surface area contributed by atoms with E-state index in [1.54, 1.807) is 0 Å². The van der Waals surface area contributed by atoms with Crippen LogP contribution < -0.4 is 5.73 Å². The van der Waals surface area contributed by atoms with Gasteiger partial charge in [-0.05, 0) is 6.42 Å². The van der Waals surface area contributed by atoms with Crippen LogP contribution in [0.3, 0.4) is 0 Å². The van der Waals surface area contributed by atoms with E-state index < -0.39 is 12.1 Å². The minimum Gasteiger partial charge on any atom is -0.395 e. The molecule has 0 rings (SSSR count). The van der Waals surface area contributed by atoms with Crippen LogP contribution in [-0.4, -0.2) is 29.0 Å².